The first-order chi connectivity index (χ1) is 6.98. The molecular formula is C8H13N3O3S. The molecule has 1 aliphatic rings. The van der Waals surface area contributed by atoms with Gasteiger partial charge in [0.15, 0.2) is 5.03 Å². The second kappa shape index (κ2) is 3.58. The van der Waals surface area contributed by atoms with Crippen LogP contribution < -0.4 is 5.14 Å². The number of nitrogens with two attached hydrogens (primary N) is 1. The monoisotopic (exact) mass is 231 g/mol. The Labute approximate surface area is 88.1 Å². The molecule has 2 rings (SSSR count). The third kappa shape index (κ3) is 2.04. The summed E-state index contributed by atoms with van der Waals surface area (Å²) < 4.78 is 29.2. The number of hydrogen-bond donors (Lipinski definition) is 1. The number of aryl methyl sites for hydroxylation is 1. The average Bonchev–Trinajstić information content (AvgIpc) is 2.69. The Balaban J connectivity index is 2.37. The van der Waals surface area contributed by atoms with Crippen molar-refractivity contribution in [2.24, 2.45) is 5.14 Å². The molecule has 6 nitrogen and oxygen atoms in total. The highest BCUT2D eigenvalue weighted by atomic mass is 32.2. The number of imidazole rings is 1. The lowest BCUT2D eigenvalue weighted by atomic mass is 10.2. The first kappa shape index (κ1) is 10.6. The van der Waals surface area contributed by atoms with Crippen molar-refractivity contribution >= 4 is 10.0 Å². The zero-order valence-electron chi connectivity index (χ0n) is 8.38. The Morgan fingerprint density at radius 1 is 1.67 bits per heavy atom. The maximum absolute atomic E-state index is 11.1. The van der Waals surface area contributed by atoms with Crippen LogP contribution in [0.3, 0.4) is 0 Å². The molecule has 1 saturated heterocycles. The third-order valence-electron chi connectivity index (χ3n) is 2.49. The summed E-state index contributed by atoms with van der Waals surface area (Å²) in [5.41, 5.74) is 0. The standard InChI is InChI=1S/C8H13N3O3S/c1-6-10-8(15(9,12)13)4-11(6)7-2-3-14-5-7/h4,7H,2-3,5H2,1H3,(H2,9,12,13). The van der Waals surface area contributed by atoms with E-state index in [4.69, 9.17) is 9.88 Å². The lowest BCUT2D eigenvalue weighted by Crippen LogP contribution is -2.12. The summed E-state index contributed by atoms with van der Waals surface area (Å²) in [6.45, 7) is 3.06. The molecule has 84 valence electrons. The molecule has 0 aromatic carbocycles. The fourth-order valence-electron chi connectivity index (χ4n) is 1.71. The Hall–Kier alpha value is -0.920. The van der Waals surface area contributed by atoms with Gasteiger partial charge in [-0.3, -0.25) is 0 Å². The lowest BCUT2D eigenvalue weighted by Gasteiger charge is -2.10. The minimum Gasteiger partial charge on any atom is -0.379 e. The van der Waals surface area contributed by atoms with Crippen LogP contribution in [0.15, 0.2) is 11.2 Å². The second-order valence-corrected chi connectivity index (χ2v) is 5.10. The first-order valence-corrected chi connectivity index (χ1v) is 6.19. The van der Waals surface area contributed by atoms with E-state index in [9.17, 15) is 8.42 Å². The number of ether oxygens (including phenoxy) is 1. The van der Waals surface area contributed by atoms with Crippen LogP contribution in [-0.2, 0) is 14.8 Å². The van der Waals surface area contributed by atoms with Gasteiger partial charge in [0.1, 0.15) is 5.82 Å². The molecule has 7 heteroatoms. The van der Waals surface area contributed by atoms with Crippen LogP contribution in [0.5, 0.6) is 0 Å². The van der Waals surface area contributed by atoms with Crippen LogP contribution in [0.1, 0.15) is 18.3 Å². The van der Waals surface area contributed by atoms with E-state index in [2.05, 4.69) is 4.98 Å². The fraction of sp³-hybridized carbons (Fsp3) is 0.625. The van der Waals surface area contributed by atoms with Crippen molar-refractivity contribution in [1.82, 2.24) is 9.55 Å². The highest BCUT2D eigenvalue weighted by molar-refractivity contribution is 7.89. The Bertz CT molecular complexity index is 459. The van der Waals surface area contributed by atoms with Crippen molar-refractivity contribution < 1.29 is 13.2 Å². The summed E-state index contributed by atoms with van der Waals surface area (Å²) in [6.07, 6.45) is 2.35. The van der Waals surface area contributed by atoms with Crippen molar-refractivity contribution in [1.29, 1.82) is 0 Å². The Kier molecular flexibility index (Phi) is 2.53. The molecule has 0 amide bonds. The molecule has 1 unspecified atom stereocenters. The normalized spacial score (nSPS) is 22.1. The molecule has 0 spiro atoms. The van der Waals surface area contributed by atoms with E-state index in [0.29, 0.717) is 19.0 Å². The molecule has 1 aromatic heterocycles. The minimum atomic E-state index is -3.71. The molecule has 1 fully saturated rings. The van der Waals surface area contributed by atoms with Crippen molar-refractivity contribution in [2.45, 2.75) is 24.4 Å². The number of aromatic nitrogens is 2. The first-order valence-electron chi connectivity index (χ1n) is 4.64. The molecule has 1 aromatic rings. The Morgan fingerprint density at radius 3 is 2.87 bits per heavy atom. The van der Waals surface area contributed by atoms with E-state index >= 15 is 0 Å². The average molecular weight is 231 g/mol. The number of rotatable bonds is 2. The van der Waals surface area contributed by atoms with E-state index in [-0.39, 0.29) is 11.1 Å². The van der Waals surface area contributed by atoms with Gasteiger partial charge in [-0.15, -0.1) is 0 Å². The molecule has 15 heavy (non-hydrogen) atoms. The quantitative estimate of drug-likeness (QED) is 0.763. The molecule has 0 radical (unpaired) electrons. The Morgan fingerprint density at radius 2 is 2.40 bits per heavy atom. The highest BCUT2D eigenvalue weighted by Gasteiger charge is 2.22. The van der Waals surface area contributed by atoms with Gasteiger partial charge >= 0.3 is 0 Å². The van der Waals surface area contributed by atoms with Crippen molar-refractivity contribution in [2.75, 3.05) is 13.2 Å². The molecular weight excluding hydrogens is 218 g/mol. The van der Waals surface area contributed by atoms with Gasteiger partial charge in [-0.25, -0.2) is 18.5 Å². The van der Waals surface area contributed by atoms with Gasteiger partial charge in [-0.05, 0) is 13.3 Å². The van der Waals surface area contributed by atoms with E-state index in [1.807, 2.05) is 4.57 Å². The molecule has 1 aliphatic heterocycles. The molecule has 2 heterocycles. The van der Waals surface area contributed by atoms with Crippen LogP contribution in [0.2, 0.25) is 0 Å². The number of nitrogens with zero attached hydrogens (tertiary/aromatic N) is 2. The van der Waals surface area contributed by atoms with Gasteiger partial charge in [0.05, 0.1) is 12.6 Å². The van der Waals surface area contributed by atoms with Gasteiger partial charge in [0.2, 0.25) is 0 Å². The summed E-state index contributed by atoms with van der Waals surface area (Å²) in [6, 6.07) is 0.174. The largest absolute Gasteiger partial charge is 0.379 e. The number of hydrogen-bond acceptors (Lipinski definition) is 4. The zero-order chi connectivity index (χ0) is 11.1. The maximum Gasteiger partial charge on any atom is 0.257 e. The van der Waals surface area contributed by atoms with Gasteiger partial charge in [0.25, 0.3) is 10.0 Å². The van der Waals surface area contributed by atoms with Crippen LogP contribution in [-0.4, -0.2) is 31.2 Å². The van der Waals surface area contributed by atoms with E-state index in [0.717, 1.165) is 6.42 Å². The molecule has 0 saturated carbocycles. The number of primary sulfonamides is 1. The second-order valence-electron chi connectivity index (χ2n) is 3.60. The maximum atomic E-state index is 11.1. The molecule has 0 aliphatic carbocycles. The topological polar surface area (TPSA) is 87.2 Å². The SMILES string of the molecule is Cc1nc(S(N)(=O)=O)cn1C1CCOC1. The summed E-state index contributed by atoms with van der Waals surface area (Å²) in [5.74, 6) is 0.648. The summed E-state index contributed by atoms with van der Waals surface area (Å²) in [4.78, 5) is 3.92. The summed E-state index contributed by atoms with van der Waals surface area (Å²) in [7, 11) is -3.71. The third-order valence-corrected chi connectivity index (χ3v) is 3.27. The molecule has 1 atom stereocenters. The predicted molar refractivity (Wildman–Crippen MR) is 52.8 cm³/mol. The molecule has 2 N–H and O–H groups in total. The van der Waals surface area contributed by atoms with Crippen LogP contribution in [0, 0.1) is 6.92 Å². The lowest BCUT2D eigenvalue weighted by molar-refractivity contribution is 0.186. The highest BCUT2D eigenvalue weighted by Crippen LogP contribution is 2.21. The van der Waals surface area contributed by atoms with Gasteiger partial charge in [-0.1, -0.05) is 0 Å². The van der Waals surface area contributed by atoms with Crippen LogP contribution >= 0.6 is 0 Å². The van der Waals surface area contributed by atoms with Crippen molar-refractivity contribution in [3.8, 4) is 0 Å². The number of sulfonamides is 1. The van der Waals surface area contributed by atoms with Crippen molar-refractivity contribution in [3.63, 3.8) is 0 Å². The van der Waals surface area contributed by atoms with Crippen LogP contribution in [0.4, 0.5) is 0 Å². The minimum absolute atomic E-state index is 0.0769. The summed E-state index contributed by atoms with van der Waals surface area (Å²) >= 11 is 0. The predicted octanol–water partition coefficient (Wildman–Crippen LogP) is -0.200. The summed E-state index contributed by atoms with van der Waals surface area (Å²) in [5, 5.41) is 4.93. The smallest absolute Gasteiger partial charge is 0.257 e. The fourth-order valence-corrected chi connectivity index (χ4v) is 2.23. The van der Waals surface area contributed by atoms with E-state index in [1.54, 1.807) is 6.92 Å². The van der Waals surface area contributed by atoms with Gasteiger partial charge in [-0.2, -0.15) is 0 Å². The molecule has 0 bridgehead atoms. The van der Waals surface area contributed by atoms with Crippen LogP contribution in [0.25, 0.3) is 0 Å². The zero-order valence-corrected chi connectivity index (χ0v) is 9.20. The van der Waals surface area contributed by atoms with E-state index in [1.165, 1.54) is 6.20 Å². The van der Waals surface area contributed by atoms with E-state index < -0.39 is 10.0 Å². The van der Waals surface area contributed by atoms with Gasteiger partial charge < -0.3 is 9.30 Å². The van der Waals surface area contributed by atoms with Gasteiger partial charge in [0, 0.05) is 12.8 Å². The van der Waals surface area contributed by atoms with Crippen molar-refractivity contribution in [3.05, 3.63) is 12.0 Å².